The fraction of sp³-hybridized carbons (Fsp3) is 0. The molecule has 0 bridgehead atoms. The second-order valence-corrected chi connectivity index (χ2v) is 5.20. The number of aromatic nitrogens is 1. The fourth-order valence-corrected chi connectivity index (χ4v) is 2.75. The van der Waals surface area contributed by atoms with E-state index in [-0.39, 0.29) is 0 Å². The van der Waals surface area contributed by atoms with E-state index in [4.69, 9.17) is 11.5 Å². The third-order valence-corrected chi connectivity index (χ3v) is 3.88. The predicted molar refractivity (Wildman–Crippen MR) is 65.6 cm³/mol. The number of thiazole rings is 1. The van der Waals surface area contributed by atoms with Crippen molar-refractivity contribution in [3.8, 4) is 0 Å². The number of benzene rings is 1. The van der Waals surface area contributed by atoms with Crippen molar-refractivity contribution >= 4 is 34.7 Å². The molecule has 0 aliphatic heterocycles. The Kier molecular flexibility index (Phi) is 3.12. The average Bonchev–Trinajstić information content (AvgIpc) is 2.73. The minimum absolute atomic E-state index is 0.418. The summed E-state index contributed by atoms with van der Waals surface area (Å²) in [5.41, 5.74) is 11.9. The van der Waals surface area contributed by atoms with Crippen molar-refractivity contribution in [2.75, 3.05) is 5.73 Å². The molecule has 0 fully saturated rings. The minimum atomic E-state index is -0.475. The van der Waals surface area contributed by atoms with Gasteiger partial charge in [0, 0.05) is 27.7 Å². The van der Waals surface area contributed by atoms with Gasteiger partial charge in [-0.25, -0.2) is 4.98 Å². The minimum Gasteiger partial charge on any atom is -0.398 e. The van der Waals surface area contributed by atoms with Crippen LogP contribution in [0.25, 0.3) is 0 Å². The molecule has 0 atom stereocenters. The Morgan fingerprint density at radius 1 is 1.44 bits per heavy atom. The number of anilines is 1. The summed E-state index contributed by atoms with van der Waals surface area (Å²) in [5, 5.41) is 1.90. The predicted octanol–water partition coefficient (Wildman–Crippen LogP) is 1.98. The number of carbonyl (C=O) groups is 1. The molecule has 6 heteroatoms. The van der Waals surface area contributed by atoms with E-state index in [2.05, 4.69) is 4.98 Å². The van der Waals surface area contributed by atoms with Crippen LogP contribution in [0.4, 0.5) is 5.69 Å². The van der Waals surface area contributed by atoms with E-state index in [9.17, 15) is 4.79 Å². The highest BCUT2D eigenvalue weighted by Crippen LogP contribution is 2.33. The lowest BCUT2D eigenvalue weighted by Crippen LogP contribution is -2.11. The van der Waals surface area contributed by atoms with E-state index in [1.165, 1.54) is 11.8 Å². The Morgan fingerprint density at radius 3 is 2.81 bits per heavy atom. The number of hydrogen-bond donors (Lipinski definition) is 2. The van der Waals surface area contributed by atoms with Gasteiger partial charge < -0.3 is 11.5 Å². The Labute approximate surface area is 101 Å². The SMILES string of the molecule is NC(=O)c1ccc(Sc2nccs2)c(N)c1. The molecule has 2 rings (SSSR count). The molecular weight excluding hydrogens is 242 g/mol. The van der Waals surface area contributed by atoms with E-state index < -0.39 is 5.91 Å². The van der Waals surface area contributed by atoms with Crippen LogP contribution in [0.3, 0.4) is 0 Å². The van der Waals surface area contributed by atoms with Crippen molar-refractivity contribution in [3.63, 3.8) is 0 Å². The van der Waals surface area contributed by atoms with Crippen LogP contribution in [0.5, 0.6) is 0 Å². The van der Waals surface area contributed by atoms with Gasteiger partial charge in [-0.05, 0) is 18.2 Å². The Balaban J connectivity index is 2.26. The van der Waals surface area contributed by atoms with Gasteiger partial charge in [-0.15, -0.1) is 11.3 Å². The molecule has 0 aliphatic carbocycles. The zero-order valence-corrected chi connectivity index (χ0v) is 9.85. The summed E-state index contributed by atoms with van der Waals surface area (Å²) in [4.78, 5) is 16.0. The molecule has 0 saturated carbocycles. The summed E-state index contributed by atoms with van der Waals surface area (Å²) < 4.78 is 0.915. The lowest BCUT2D eigenvalue weighted by molar-refractivity contribution is 0.100. The van der Waals surface area contributed by atoms with Gasteiger partial charge in [0.2, 0.25) is 5.91 Å². The van der Waals surface area contributed by atoms with Gasteiger partial charge in [-0.1, -0.05) is 11.8 Å². The monoisotopic (exact) mass is 251 g/mol. The lowest BCUT2D eigenvalue weighted by Gasteiger charge is -2.04. The Bertz CT molecular complexity index is 511. The van der Waals surface area contributed by atoms with E-state index in [1.807, 2.05) is 5.38 Å². The first-order valence-corrected chi connectivity index (χ1v) is 6.13. The second kappa shape index (κ2) is 4.54. The number of rotatable bonds is 3. The number of nitrogens with zero attached hydrogens (tertiary/aromatic N) is 1. The quantitative estimate of drug-likeness (QED) is 0.817. The third-order valence-electron chi connectivity index (χ3n) is 1.90. The molecule has 1 amide bonds. The maximum absolute atomic E-state index is 10.9. The van der Waals surface area contributed by atoms with Crippen LogP contribution in [0.2, 0.25) is 0 Å². The van der Waals surface area contributed by atoms with Crippen LogP contribution < -0.4 is 11.5 Å². The smallest absolute Gasteiger partial charge is 0.248 e. The third kappa shape index (κ3) is 2.34. The summed E-state index contributed by atoms with van der Waals surface area (Å²) in [6.07, 6.45) is 1.74. The fourth-order valence-electron chi connectivity index (χ4n) is 1.15. The van der Waals surface area contributed by atoms with Crippen molar-refractivity contribution < 1.29 is 4.79 Å². The molecule has 0 spiro atoms. The summed E-state index contributed by atoms with van der Waals surface area (Å²) in [7, 11) is 0. The maximum atomic E-state index is 10.9. The van der Waals surface area contributed by atoms with Crippen LogP contribution in [0, 0.1) is 0 Å². The standard InChI is InChI=1S/C10H9N3OS2/c11-7-5-6(9(12)14)1-2-8(7)16-10-13-3-4-15-10/h1-5H,11H2,(H2,12,14). The highest BCUT2D eigenvalue weighted by molar-refractivity contribution is 8.01. The first kappa shape index (κ1) is 11.0. The van der Waals surface area contributed by atoms with Crippen molar-refractivity contribution in [1.82, 2.24) is 4.98 Å². The summed E-state index contributed by atoms with van der Waals surface area (Å²) in [5.74, 6) is -0.475. The molecule has 0 radical (unpaired) electrons. The van der Waals surface area contributed by atoms with E-state index >= 15 is 0 Å². The molecule has 0 unspecified atom stereocenters. The number of primary amides is 1. The van der Waals surface area contributed by atoms with Crippen LogP contribution in [0.15, 0.2) is 39.0 Å². The van der Waals surface area contributed by atoms with Gasteiger partial charge in [-0.3, -0.25) is 4.79 Å². The highest BCUT2D eigenvalue weighted by atomic mass is 32.2. The molecule has 0 aliphatic rings. The van der Waals surface area contributed by atoms with Crippen LogP contribution in [-0.2, 0) is 0 Å². The molecular formula is C10H9N3OS2. The topological polar surface area (TPSA) is 82.0 Å². The Morgan fingerprint density at radius 2 is 2.25 bits per heavy atom. The van der Waals surface area contributed by atoms with Crippen molar-refractivity contribution in [2.45, 2.75) is 9.24 Å². The van der Waals surface area contributed by atoms with Crippen LogP contribution >= 0.6 is 23.1 Å². The zero-order valence-electron chi connectivity index (χ0n) is 8.21. The van der Waals surface area contributed by atoms with Crippen LogP contribution in [0.1, 0.15) is 10.4 Å². The van der Waals surface area contributed by atoms with Crippen molar-refractivity contribution in [2.24, 2.45) is 5.73 Å². The molecule has 16 heavy (non-hydrogen) atoms. The first-order valence-electron chi connectivity index (χ1n) is 4.43. The van der Waals surface area contributed by atoms with E-state index in [0.717, 1.165) is 9.24 Å². The van der Waals surface area contributed by atoms with Gasteiger partial charge in [-0.2, -0.15) is 0 Å². The summed E-state index contributed by atoms with van der Waals surface area (Å²) >= 11 is 3.01. The van der Waals surface area contributed by atoms with Gasteiger partial charge in [0.25, 0.3) is 0 Å². The van der Waals surface area contributed by atoms with Gasteiger partial charge >= 0.3 is 0 Å². The Hall–Kier alpha value is -1.53. The van der Waals surface area contributed by atoms with Crippen molar-refractivity contribution in [1.29, 1.82) is 0 Å². The normalized spacial score (nSPS) is 10.2. The number of nitrogen functional groups attached to an aromatic ring is 1. The highest BCUT2D eigenvalue weighted by Gasteiger charge is 2.07. The molecule has 2 aromatic rings. The number of carbonyl (C=O) groups excluding carboxylic acids is 1. The number of nitrogens with two attached hydrogens (primary N) is 2. The molecule has 82 valence electrons. The number of hydrogen-bond acceptors (Lipinski definition) is 5. The van der Waals surface area contributed by atoms with Crippen molar-refractivity contribution in [3.05, 3.63) is 35.3 Å². The summed E-state index contributed by atoms with van der Waals surface area (Å²) in [6.45, 7) is 0. The van der Waals surface area contributed by atoms with Gasteiger partial charge in [0.05, 0.1) is 0 Å². The summed E-state index contributed by atoms with van der Waals surface area (Å²) in [6, 6.07) is 5.02. The number of amides is 1. The molecule has 1 heterocycles. The molecule has 4 nitrogen and oxygen atoms in total. The van der Waals surface area contributed by atoms with Gasteiger partial charge in [0.1, 0.15) is 0 Å². The first-order chi connectivity index (χ1) is 7.66. The van der Waals surface area contributed by atoms with Gasteiger partial charge in [0.15, 0.2) is 4.34 Å². The second-order valence-electron chi connectivity index (χ2n) is 3.02. The molecule has 1 aromatic carbocycles. The average molecular weight is 251 g/mol. The molecule has 0 saturated heterocycles. The van der Waals surface area contributed by atoms with Crippen LogP contribution in [-0.4, -0.2) is 10.9 Å². The maximum Gasteiger partial charge on any atom is 0.248 e. The lowest BCUT2D eigenvalue weighted by atomic mass is 10.2. The largest absolute Gasteiger partial charge is 0.398 e. The molecule has 1 aromatic heterocycles. The van der Waals surface area contributed by atoms with E-state index in [1.54, 1.807) is 35.7 Å². The van der Waals surface area contributed by atoms with E-state index in [0.29, 0.717) is 11.3 Å². The zero-order chi connectivity index (χ0) is 11.5. The molecule has 4 N–H and O–H groups in total.